The molecule has 160 valence electrons. The lowest BCUT2D eigenvalue weighted by Gasteiger charge is -2.11. The van der Waals surface area contributed by atoms with E-state index in [1.807, 2.05) is 6.07 Å². The summed E-state index contributed by atoms with van der Waals surface area (Å²) in [6, 6.07) is 27.7. The zero-order valence-electron chi connectivity index (χ0n) is 17.5. The summed E-state index contributed by atoms with van der Waals surface area (Å²) < 4.78 is 4.53. The number of hydrogen-bond donors (Lipinski definition) is 0. The Kier molecular flexibility index (Phi) is 7.06. The normalized spacial score (nSPS) is 10.9. The van der Waals surface area contributed by atoms with E-state index in [1.165, 1.54) is 22.2 Å². The second-order valence-electron chi connectivity index (χ2n) is 7.68. The molecule has 0 radical (unpaired) electrons. The van der Waals surface area contributed by atoms with Gasteiger partial charge in [-0.2, -0.15) is 0 Å². The average molecular weight is 451 g/mol. The molecule has 3 aromatic carbocycles. The van der Waals surface area contributed by atoms with Gasteiger partial charge in [-0.1, -0.05) is 66.7 Å². The molecule has 5 rings (SSSR count). The number of imidazole rings is 2. The largest absolute Gasteiger partial charge is 1.00 e. The van der Waals surface area contributed by atoms with Crippen molar-refractivity contribution in [2.75, 3.05) is 20.6 Å². The van der Waals surface area contributed by atoms with Crippen LogP contribution in [0.4, 0.5) is 0 Å². The van der Waals surface area contributed by atoms with Crippen molar-refractivity contribution in [1.82, 2.24) is 18.9 Å². The Morgan fingerprint density at radius 1 is 0.710 bits per heavy atom. The molecule has 0 fully saturated rings. The quantitative estimate of drug-likeness (QED) is 0.350. The summed E-state index contributed by atoms with van der Waals surface area (Å²) in [7, 11) is 4.21. The number of halogens is 2. The van der Waals surface area contributed by atoms with Crippen molar-refractivity contribution in [1.29, 1.82) is 0 Å². The highest BCUT2D eigenvalue weighted by Crippen LogP contribution is 2.27. The van der Waals surface area contributed by atoms with Crippen molar-refractivity contribution in [3.05, 3.63) is 85.1 Å². The molecule has 31 heavy (non-hydrogen) atoms. The second-order valence-corrected chi connectivity index (χ2v) is 7.68. The third kappa shape index (κ3) is 4.33. The first-order valence-electron chi connectivity index (χ1n) is 9.97. The number of nitrogens with zero attached hydrogens (tertiary/aromatic N) is 4. The van der Waals surface area contributed by atoms with Gasteiger partial charge in [-0.05, 0) is 37.4 Å². The summed E-state index contributed by atoms with van der Waals surface area (Å²) in [5, 5.41) is 0. The van der Waals surface area contributed by atoms with Gasteiger partial charge < -0.3 is 34.3 Å². The van der Waals surface area contributed by atoms with Crippen molar-refractivity contribution in [2.24, 2.45) is 0 Å². The lowest BCUT2D eigenvalue weighted by molar-refractivity contribution is -0.001000. The molecule has 0 spiro atoms. The maximum Gasteiger partial charge on any atom is 0.215 e. The Hall–Kier alpha value is -2.79. The zero-order valence-corrected chi connectivity index (χ0v) is 19.1. The van der Waals surface area contributed by atoms with E-state index in [-0.39, 0.29) is 24.8 Å². The number of benzene rings is 3. The number of hydrogen-bond acceptors (Lipinski definition) is 2. The number of rotatable bonds is 5. The number of likely N-dealkylation sites (N-methyl/N-ethyl adjacent to an activating group) is 1. The predicted octanol–water partition coefficient (Wildman–Crippen LogP) is -0.807. The summed E-state index contributed by atoms with van der Waals surface area (Å²) in [5.41, 5.74) is 7.01. The molecule has 0 aliphatic rings. The average Bonchev–Trinajstić information content (AvgIpc) is 3.31. The van der Waals surface area contributed by atoms with Crippen LogP contribution in [-0.4, -0.2) is 39.5 Å². The molecule has 0 amide bonds. The third-order valence-corrected chi connectivity index (χ3v) is 5.42. The molecule has 2 heterocycles. The molecule has 5 aromatic rings. The van der Waals surface area contributed by atoms with E-state index in [0.29, 0.717) is 0 Å². The molecule has 0 aliphatic carbocycles. The van der Waals surface area contributed by atoms with Crippen LogP contribution in [-0.2, 0) is 6.54 Å². The maximum absolute atomic E-state index is 5.01. The Morgan fingerprint density at radius 2 is 1.29 bits per heavy atom. The van der Waals surface area contributed by atoms with Crippen LogP contribution in [0, 0.1) is 0 Å². The molecule has 0 aliphatic heterocycles. The number of aromatic nitrogens is 3. The van der Waals surface area contributed by atoms with Gasteiger partial charge in [0, 0.05) is 24.8 Å². The smallest absolute Gasteiger partial charge is 0.215 e. The lowest BCUT2D eigenvalue weighted by atomic mass is 10.0. The van der Waals surface area contributed by atoms with Crippen molar-refractivity contribution in [3.8, 4) is 22.4 Å². The number of para-hydroxylation sites is 2. The summed E-state index contributed by atoms with van der Waals surface area (Å²) in [6.45, 7) is 1.88. The monoisotopic (exact) mass is 450 g/mol. The molecular formula is C25H24Cl2N4-2. The lowest BCUT2D eigenvalue weighted by Crippen LogP contribution is -3.00. The van der Waals surface area contributed by atoms with Crippen molar-refractivity contribution in [3.63, 3.8) is 0 Å². The van der Waals surface area contributed by atoms with Crippen LogP contribution in [0.2, 0.25) is 0 Å². The fraction of sp³-hybridized carbons (Fsp3) is 0.160. The van der Waals surface area contributed by atoms with E-state index in [4.69, 9.17) is 4.98 Å². The highest BCUT2D eigenvalue weighted by atomic mass is 35.5. The summed E-state index contributed by atoms with van der Waals surface area (Å²) in [4.78, 5) is 7.21. The van der Waals surface area contributed by atoms with E-state index in [0.717, 1.165) is 30.1 Å². The SMILES string of the molecule is CN(C)CCn1c2ccccc2n2cc(-c3ccc(-c4ccccc4)cc3)nc12.[Cl-].[Cl-]. The van der Waals surface area contributed by atoms with Crippen LogP contribution in [0.15, 0.2) is 85.1 Å². The van der Waals surface area contributed by atoms with Crippen molar-refractivity contribution >= 4 is 16.8 Å². The van der Waals surface area contributed by atoms with Crippen molar-refractivity contribution in [2.45, 2.75) is 6.54 Å². The molecule has 4 nitrogen and oxygen atoms in total. The summed E-state index contributed by atoms with van der Waals surface area (Å²) >= 11 is 0. The fourth-order valence-electron chi connectivity index (χ4n) is 3.87. The van der Waals surface area contributed by atoms with Crippen LogP contribution in [0.3, 0.4) is 0 Å². The van der Waals surface area contributed by atoms with Gasteiger partial charge in [-0.25, -0.2) is 4.98 Å². The zero-order chi connectivity index (χ0) is 19.8. The van der Waals surface area contributed by atoms with Gasteiger partial charge in [0.1, 0.15) is 0 Å². The molecule has 0 saturated carbocycles. The molecule has 0 unspecified atom stereocenters. The van der Waals surface area contributed by atoms with E-state index in [1.54, 1.807) is 0 Å². The third-order valence-electron chi connectivity index (χ3n) is 5.42. The molecule has 0 saturated heterocycles. The minimum Gasteiger partial charge on any atom is -1.00 e. The van der Waals surface area contributed by atoms with E-state index in [9.17, 15) is 0 Å². The van der Waals surface area contributed by atoms with Crippen molar-refractivity contribution < 1.29 is 24.8 Å². The van der Waals surface area contributed by atoms with Crippen LogP contribution in [0.25, 0.3) is 39.2 Å². The van der Waals surface area contributed by atoms with Crippen LogP contribution >= 0.6 is 0 Å². The first-order valence-corrected chi connectivity index (χ1v) is 9.97. The summed E-state index contributed by atoms with van der Waals surface area (Å²) in [6.07, 6.45) is 2.15. The van der Waals surface area contributed by atoms with E-state index >= 15 is 0 Å². The van der Waals surface area contributed by atoms with Gasteiger partial charge in [0.2, 0.25) is 5.78 Å². The Labute approximate surface area is 195 Å². The molecular weight excluding hydrogens is 427 g/mol. The molecule has 2 aromatic heterocycles. The maximum atomic E-state index is 5.01. The Morgan fingerprint density at radius 3 is 1.97 bits per heavy atom. The second kappa shape index (κ2) is 9.56. The minimum absolute atomic E-state index is 0. The Bertz CT molecular complexity index is 1270. The highest BCUT2D eigenvalue weighted by molar-refractivity contribution is 5.82. The Balaban J connectivity index is 0.00000136. The van der Waals surface area contributed by atoms with Gasteiger partial charge in [0.25, 0.3) is 0 Å². The first kappa shape index (κ1) is 22.9. The van der Waals surface area contributed by atoms with Gasteiger partial charge >= 0.3 is 0 Å². The highest BCUT2D eigenvalue weighted by Gasteiger charge is 2.14. The molecule has 6 heteroatoms. The van der Waals surface area contributed by atoms with Gasteiger partial charge in [0.05, 0.1) is 16.7 Å². The first-order chi connectivity index (χ1) is 14.2. The van der Waals surface area contributed by atoms with Crippen LogP contribution in [0.1, 0.15) is 0 Å². The standard InChI is InChI=1S/C25H24N4.2ClH/c1-27(2)16-17-28-23-10-6-7-11-24(23)29-18-22(26-25(28)29)21-14-12-20(13-15-21)19-8-4-3-5-9-19;;/h3-15,18H,16-17H2,1-2H3;2*1H/p-2. The minimum atomic E-state index is 0. The van der Waals surface area contributed by atoms with Gasteiger partial charge in [-0.3, -0.25) is 4.40 Å². The topological polar surface area (TPSA) is 25.5 Å². The molecule has 0 N–H and O–H groups in total. The van der Waals surface area contributed by atoms with Crippen LogP contribution in [0.5, 0.6) is 0 Å². The van der Waals surface area contributed by atoms with Gasteiger partial charge in [0.15, 0.2) is 0 Å². The van der Waals surface area contributed by atoms with Gasteiger partial charge in [-0.15, -0.1) is 0 Å². The van der Waals surface area contributed by atoms with E-state index < -0.39 is 0 Å². The predicted molar refractivity (Wildman–Crippen MR) is 120 cm³/mol. The fourth-order valence-corrected chi connectivity index (χ4v) is 3.87. The molecule has 0 bridgehead atoms. The van der Waals surface area contributed by atoms with Crippen LogP contribution < -0.4 is 24.8 Å². The van der Waals surface area contributed by atoms with E-state index in [2.05, 4.69) is 107 Å². The summed E-state index contributed by atoms with van der Waals surface area (Å²) in [5.74, 6) is 0.996. The molecule has 0 atom stereocenters. The number of fused-ring (bicyclic) bond motifs is 3.